The molecule has 0 unspecified atom stereocenters. The van der Waals surface area contributed by atoms with Gasteiger partial charge >= 0.3 is 0 Å². The van der Waals surface area contributed by atoms with E-state index in [2.05, 4.69) is 4.98 Å². The fraction of sp³-hybridized carbons (Fsp3) is 0. The standard InChI is InChI=1S/C9H5FINO/c10-6-2-1-5-3-8(11)12-9(13)7(5)4-6/h1-4H,(H,12,13). The Bertz CT molecular complexity index is 520. The molecular formula is C9H5FINO. The Morgan fingerprint density at radius 1 is 1.31 bits per heavy atom. The van der Waals surface area contributed by atoms with Gasteiger partial charge in [0.1, 0.15) is 5.82 Å². The lowest BCUT2D eigenvalue weighted by Gasteiger charge is -1.97. The second-order valence-electron chi connectivity index (χ2n) is 2.68. The molecule has 0 aliphatic carbocycles. The van der Waals surface area contributed by atoms with E-state index in [-0.39, 0.29) is 11.4 Å². The van der Waals surface area contributed by atoms with Gasteiger partial charge in [-0.15, -0.1) is 0 Å². The fourth-order valence-corrected chi connectivity index (χ4v) is 1.78. The molecule has 2 nitrogen and oxygen atoms in total. The zero-order chi connectivity index (χ0) is 9.42. The number of nitrogens with one attached hydrogen (secondary N) is 1. The van der Waals surface area contributed by atoms with Crippen LogP contribution in [-0.2, 0) is 0 Å². The van der Waals surface area contributed by atoms with Gasteiger partial charge < -0.3 is 4.98 Å². The number of rotatable bonds is 0. The van der Waals surface area contributed by atoms with Gasteiger partial charge in [-0.25, -0.2) is 4.39 Å². The van der Waals surface area contributed by atoms with E-state index in [4.69, 9.17) is 0 Å². The Morgan fingerprint density at radius 3 is 2.85 bits per heavy atom. The van der Waals surface area contributed by atoms with Crippen molar-refractivity contribution in [2.75, 3.05) is 0 Å². The lowest BCUT2D eigenvalue weighted by Crippen LogP contribution is -2.07. The fourth-order valence-electron chi connectivity index (χ4n) is 1.20. The molecule has 0 saturated heterocycles. The molecule has 66 valence electrons. The normalized spacial score (nSPS) is 10.6. The van der Waals surface area contributed by atoms with Crippen LogP contribution in [0.3, 0.4) is 0 Å². The monoisotopic (exact) mass is 289 g/mol. The lowest BCUT2D eigenvalue weighted by molar-refractivity contribution is 0.629. The Labute approximate surface area is 86.9 Å². The molecular weight excluding hydrogens is 284 g/mol. The molecule has 1 heterocycles. The minimum atomic E-state index is -0.390. The molecule has 4 heteroatoms. The van der Waals surface area contributed by atoms with Crippen LogP contribution in [0.4, 0.5) is 4.39 Å². The maximum absolute atomic E-state index is 12.8. The summed E-state index contributed by atoms with van der Waals surface area (Å²) in [5, 5.41) is 1.15. The number of hydrogen-bond acceptors (Lipinski definition) is 1. The minimum absolute atomic E-state index is 0.249. The van der Waals surface area contributed by atoms with Crippen molar-refractivity contribution in [2.45, 2.75) is 0 Å². The molecule has 0 aliphatic rings. The van der Waals surface area contributed by atoms with Gasteiger partial charge in [0.05, 0.1) is 3.70 Å². The first-order chi connectivity index (χ1) is 6.16. The molecule has 1 N–H and O–H groups in total. The molecule has 2 rings (SSSR count). The summed E-state index contributed by atoms with van der Waals surface area (Å²) in [5.41, 5.74) is -0.249. The first-order valence-electron chi connectivity index (χ1n) is 3.65. The summed E-state index contributed by atoms with van der Waals surface area (Å²) in [6.07, 6.45) is 0. The predicted molar refractivity (Wildman–Crippen MR) is 57.2 cm³/mol. The number of aromatic nitrogens is 1. The third kappa shape index (κ3) is 1.58. The van der Waals surface area contributed by atoms with Crippen molar-refractivity contribution in [3.63, 3.8) is 0 Å². The van der Waals surface area contributed by atoms with Gasteiger partial charge in [0.2, 0.25) is 0 Å². The summed E-state index contributed by atoms with van der Waals surface area (Å²) in [7, 11) is 0. The summed E-state index contributed by atoms with van der Waals surface area (Å²) >= 11 is 2.01. The molecule has 2 aromatic rings. The molecule has 0 bridgehead atoms. The molecule has 0 aliphatic heterocycles. The van der Waals surface area contributed by atoms with Crippen LogP contribution in [-0.4, -0.2) is 4.98 Å². The highest BCUT2D eigenvalue weighted by Crippen LogP contribution is 2.12. The number of halogens is 2. The maximum atomic E-state index is 12.8. The van der Waals surface area contributed by atoms with E-state index in [1.54, 1.807) is 12.1 Å². The Balaban J connectivity index is 2.95. The molecule has 0 atom stereocenters. The van der Waals surface area contributed by atoms with Crippen molar-refractivity contribution >= 4 is 33.4 Å². The first kappa shape index (κ1) is 8.68. The average molecular weight is 289 g/mol. The summed E-state index contributed by atoms with van der Waals surface area (Å²) in [6.45, 7) is 0. The number of H-pyrrole nitrogens is 1. The second-order valence-corrected chi connectivity index (χ2v) is 3.84. The Hall–Kier alpha value is -0.910. The van der Waals surface area contributed by atoms with Crippen LogP contribution in [0.15, 0.2) is 29.1 Å². The van der Waals surface area contributed by atoms with Crippen LogP contribution in [0.2, 0.25) is 0 Å². The van der Waals surface area contributed by atoms with E-state index in [1.807, 2.05) is 22.6 Å². The molecule has 0 spiro atoms. The van der Waals surface area contributed by atoms with Crippen molar-refractivity contribution in [2.24, 2.45) is 0 Å². The highest BCUT2D eigenvalue weighted by Gasteiger charge is 2.00. The molecule has 0 amide bonds. The Kier molecular flexibility index (Phi) is 2.07. The van der Waals surface area contributed by atoms with Gasteiger partial charge in [0.15, 0.2) is 0 Å². The van der Waals surface area contributed by atoms with E-state index in [0.717, 1.165) is 9.09 Å². The highest BCUT2D eigenvalue weighted by atomic mass is 127. The third-order valence-electron chi connectivity index (χ3n) is 1.78. The van der Waals surface area contributed by atoms with E-state index >= 15 is 0 Å². The third-order valence-corrected chi connectivity index (χ3v) is 2.36. The molecule has 1 aromatic carbocycles. The van der Waals surface area contributed by atoms with Crippen LogP contribution in [0.25, 0.3) is 10.8 Å². The van der Waals surface area contributed by atoms with Crippen LogP contribution in [0.5, 0.6) is 0 Å². The summed E-state index contributed by atoms with van der Waals surface area (Å²) in [4.78, 5) is 13.9. The summed E-state index contributed by atoms with van der Waals surface area (Å²) < 4.78 is 13.5. The van der Waals surface area contributed by atoms with Crippen LogP contribution >= 0.6 is 22.6 Å². The zero-order valence-corrected chi connectivity index (χ0v) is 8.63. The van der Waals surface area contributed by atoms with Gasteiger partial charge in [-0.3, -0.25) is 4.79 Å². The molecule has 0 radical (unpaired) electrons. The zero-order valence-electron chi connectivity index (χ0n) is 6.47. The van der Waals surface area contributed by atoms with E-state index in [1.165, 1.54) is 12.1 Å². The molecule has 13 heavy (non-hydrogen) atoms. The maximum Gasteiger partial charge on any atom is 0.256 e. The van der Waals surface area contributed by atoms with Crippen LogP contribution < -0.4 is 5.56 Å². The number of aromatic amines is 1. The number of pyridine rings is 1. The van der Waals surface area contributed by atoms with Crippen molar-refractivity contribution in [3.8, 4) is 0 Å². The van der Waals surface area contributed by atoms with Crippen LogP contribution in [0.1, 0.15) is 0 Å². The predicted octanol–water partition coefficient (Wildman–Crippen LogP) is 2.27. The average Bonchev–Trinajstić information content (AvgIpc) is 2.06. The van der Waals surface area contributed by atoms with Gasteiger partial charge in [-0.05, 0) is 46.2 Å². The van der Waals surface area contributed by atoms with Gasteiger partial charge in [-0.1, -0.05) is 6.07 Å². The summed E-state index contributed by atoms with van der Waals surface area (Å²) in [5.74, 6) is -0.390. The number of fused-ring (bicyclic) bond motifs is 1. The quantitative estimate of drug-likeness (QED) is 0.585. The number of hydrogen-bond donors (Lipinski definition) is 1. The Morgan fingerprint density at radius 2 is 2.08 bits per heavy atom. The van der Waals surface area contributed by atoms with Gasteiger partial charge in [0, 0.05) is 5.39 Å². The van der Waals surface area contributed by atoms with E-state index in [9.17, 15) is 9.18 Å². The topological polar surface area (TPSA) is 32.9 Å². The smallest absolute Gasteiger partial charge is 0.256 e. The van der Waals surface area contributed by atoms with Crippen molar-refractivity contribution < 1.29 is 4.39 Å². The van der Waals surface area contributed by atoms with E-state index < -0.39 is 0 Å². The second kappa shape index (κ2) is 3.10. The van der Waals surface area contributed by atoms with Gasteiger partial charge in [0.25, 0.3) is 5.56 Å². The van der Waals surface area contributed by atoms with Gasteiger partial charge in [-0.2, -0.15) is 0 Å². The number of benzene rings is 1. The molecule has 0 saturated carbocycles. The summed E-state index contributed by atoms with van der Waals surface area (Å²) in [6, 6.07) is 5.99. The van der Waals surface area contributed by atoms with E-state index in [0.29, 0.717) is 5.39 Å². The highest BCUT2D eigenvalue weighted by molar-refractivity contribution is 14.1. The first-order valence-corrected chi connectivity index (χ1v) is 4.73. The minimum Gasteiger partial charge on any atom is -0.317 e. The largest absolute Gasteiger partial charge is 0.317 e. The van der Waals surface area contributed by atoms with Crippen molar-refractivity contribution in [1.82, 2.24) is 4.98 Å². The van der Waals surface area contributed by atoms with Crippen molar-refractivity contribution in [1.29, 1.82) is 0 Å². The van der Waals surface area contributed by atoms with Crippen molar-refractivity contribution in [3.05, 3.63) is 44.1 Å². The molecule has 0 fully saturated rings. The van der Waals surface area contributed by atoms with Crippen LogP contribution in [0, 0.1) is 9.52 Å². The molecule has 1 aromatic heterocycles. The SMILES string of the molecule is O=c1[nH]c(I)cc2ccc(F)cc12. The lowest BCUT2D eigenvalue weighted by atomic mass is 10.2.